The fraction of sp³-hybridized carbons (Fsp3) is 0.0833. The van der Waals surface area contributed by atoms with Gasteiger partial charge in [0.05, 0.1) is 30.4 Å². The number of esters is 1. The Kier molecular flexibility index (Phi) is 5.64. The number of para-hydroxylation sites is 1. The molecule has 1 aliphatic heterocycles. The average molecular weight is 437 g/mol. The van der Waals surface area contributed by atoms with Crippen molar-refractivity contribution in [3.63, 3.8) is 0 Å². The third-order valence-electron chi connectivity index (χ3n) is 4.67. The molecule has 0 fully saturated rings. The lowest BCUT2D eigenvalue weighted by Crippen LogP contribution is -2.09. The maximum absolute atomic E-state index is 12.8. The number of methoxy groups -OCH3 is 2. The van der Waals surface area contributed by atoms with E-state index in [0.29, 0.717) is 28.4 Å². The molecule has 0 aromatic heterocycles. The van der Waals surface area contributed by atoms with Crippen molar-refractivity contribution in [2.45, 2.75) is 0 Å². The van der Waals surface area contributed by atoms with Crippen molar-refractivity contribution < 1.29 is 28.5 Å². The number of hydrogen-bond donors (Lipinski definition) is 0. The van der Waals surface area contributed by atoms with E-state index in [-0.39, 0.29) is 27.9 Å². The Labute approximate surface area is 183 Å². The zero-order valence-corrected chi connectivity index (χ0v) is 17.4. The van der Waals surface area contributed by atoms with Gasteiger partial charge in [-0.05, 0) is 36.4 Å². The van der Waals surface area contributed by atoms with E-state index in [4.69, 9.17) is 30.5 Å². The first kappa shape index (κ1) is 20.5. The number of ether oxygens (including phenoxy) is 4. The highest BCUT2D eigenvalue weighted by molar-refractivity contribution is 6.33. The topological polar surface area (TPSA) is 71.1 Å². The monoisotopic (exact) mass is 436 g/mol. The van der Waals surface area contributed by atoms with Gasteiger partial charge in [0, 0.05) is 11.6 Å². The minimum absolute atomic E-state index is 0.121. The normalized spacial score (nSPS) is 13.5. The number of rotatable bonds is 5. The van der Waals surface area contributed by atoms with Gasteiger partial charge < -0.3 is 18.9 Å². The van der Waals surface area contributed by atoms with E-state index in [1.807, 2.05) is 0 Å². The number of hydrogen-bond acceptors (Lipinski definition) is 6. The highest BCUT2D eigenvalue weighted by Crippen LogP contribution is 2.37. The number of Topliss-reactive ketones (excluding diaryl/α,β-unsaturated/α-hetero) is 1. The zero-order chi connectivity index (χ0) is 22.0. The van der Waals surface area contributed by atoms with Crippen molar-refractivity contribution in [3.8, 4) is 23.0 Å². The van der Waals surface area contributed by atoms with Gasteiger partial charge >= 0.3 is 5.97 Å². The molecule has 0 saturated carbocycles. The van der Waals surface area contributed by atoms with Gasteiger partial charge in [-0.3, -0.25) is 4.79 Å². The van der Waals surface area contributed by atoms with Gasteiger partial charge in [-0.2, -0.15) is 0 Å². The number of carbonyl (C=O) groups excluding carboxylic acids is 2. The second-order valence-electron chi connectivity index (χ2n) is 6.55. The van der Waals surface area contributed by atoms with E-state index >= 15 is 0 Å². The molecule has 6 nitrogen and oxygen atoms in total. The van der Waals surface area contributed by atoms with Crippen LogP contribution in [0, 0.1) is 0 Å². The second-order valence-corrected chi connectivity index (χ2v) is 6.96. The van der Waals surface area contributed by atoms with Crippen molar-refractivity contribution in [3.05, 3.63) is 88.1 Å². The third kappa shape index (κ3) is 3.98. The Balaban J connectivity index is 1.60. The Bertz CT molecular complexity index is 1210. The first-order valence-corrected chi connectivity index (χ1v) is 9.65. The van der Waals surface area contributed by atoms with Crippen LogP contribution in [0.5, 0.6) is 23.0 Å². The summed E-state index contributed by atoms with van der Waals surface area (Å²) in [7, 11) is 3.05. The summed E-state index contributed by atoms with van der Waals surface area (Å²) < 4.78 is 21.8. The molecule has 1 heterocycles. The molecule has 7 heteroatoms. The molecular formula is C24H17ClO6. The van der Waals surface area contributed by atoms with Gasteiger partial charge in [0.15, 0.2) is 17.3 Å². The van der Waals surface area contributed by atoms with Crippen LogP contribution in [0.2, 0.25) is 5.02 Å². The van der Waals surface area contributed by atoms with Gasteiger partial charge in [-0.25, -0.2) is 4.79 Å². The molecule has 3 aromatic rings. The summed E-state index contributed by atoms with van der Waals surface area (Å²) in [5, 5.41) is 0.289. The minimum Gasteiger partial charge on any atom is -0.493 e. The number of ketones is 1. The molecule has 0 bridgehead atoms. The van der Waals surface area contributed by atoms with Crippen LogP contribution in [-0.2, 0) is 0 Å². The van der Waals surface area contributed by atoms with E-state index in [1.165, 1.54) is 26.4 Å². The summed E-state index contributed by atoms with van der Waals surface area (Å²) in [6, 6.07) is 16.5. The van der Waals surface area contributed by atoms with Gasteiger partial charge in [0.1, 0.15) is 11.5 Å². The third-order valence-corrected chi connectivity index (χ3v) is 5.00. The summed E-state index contributed by atoms with van der Waals surface area (Å²) in [5.41, 5.74) is 1.24. The Morgan fingerprint density at radius 3 is 2.55 bits per heavy atom. The van der Waals surface area contributed by atoms with Gasteiger partial charge in [0.2, 0.25) is 5.78 Å². The quantitative estimate of drug-likeness (QED) is 0.311. The molecule has 0 N–H and O–H groups in total. The van der Waals surface area contributed by atoms with Crippen molar-refractivity contribution >= 4 is 29.4 Å². The van der Waals surface area contributed by atoms with Gasteiger partial charge in [-0.15, -0.1) is 0 Å². The number of allylic oxidation sites excluding steroid dienone is 1. The van der Waals surface area contributed by atoms with E-state index in [0.717, 1.165) is 0 Å². The zero-order valence-electron chi connectivity index (χ0n) is 16.7. The Hall–Kier alpha value is -3.77. The predicted molar refractivity (Wildman–Crippen MR) is 115 cm³/mol. The first-order valence-electron chi connectivity index (χ1n) is 9.28. The highest BCUT2D eigenvalue weighted by Gasteiger charge is 2.28. The summed E-state index contributed by atoms with van der Waals surface area (Å²) >= 11 is 6.04. The molecule has 0 radical (unpaired) electrons. The SMILES string of the molecule is COc1cccc(C=C2Oc3cc(OC(=O)c4ccccc4Cl)ccc3C2=O)c1OC. The molecule has 156 valence electrons. The van der Waals surface area contributed by atoms with Crippen molar-refractivity contribution in [2.75, 3.05) is 14.2 Å². The standard InChI is InChI=1S/C24H17ClO6/c1-28-19-9-5-6-14(23(19)29-2)12-21-22(26)17-11-10-15(13-20(17)31-21)30-24(27)16-7-3-4-8-18(16)25/h3-13H,1-2H3. The van der Waals surface area contributed by atoms with Gasteiger partial charge in [0.25, 0.3) is 0 Å². The summed E-state index contributed by atoms with van der Waals surface area (Å²) in [4.78, 5) is 25.1. The van der Waals surface area contributed by atoms with Gasteiger partial charge in [-0.1, -0.05) is 35.9 Å². The van der Waals surface area contributed by atoms with Crippen molar-refractivity contribution in [1.29, 1.82) is 0 Å². The molecule has 4 rings (SSSR count). The highest BCUT2D eigenvalue weighted by atomic mass is 35.5. The summed E-state index contributed by atoms with van der Waals surface area (Å²) in [6.45, 7) is 0. The number of fused-ring (bicyclic) bond motifs is 1. The lowest BCUT2D eigenvalue weighted by atomic mass is 10.1. The van der Waals surface area contributed by atoms with E-state index in [9.17, 15) is 9.59 Å². The summed E-state index contributed by atoms with van der Waals surface area (Å²) in [5.74, 6) is 0.777. The van der Waals surface area contributed by atoms with Crippen LogP contribution in [-0.4, -0.2) is 26.0 Å². The number of benzene rings is 3. The molecule has 3 aromatic carbocycles. The van der Waals surface area contributed by atoms with Crippen LogP contribution >= 0.6 is 11.6 Å². The molecule has 31 heavy (non-hydrogen) atoms. The summed E-state index contributed by atoms with van der Waals surface area (Å²) in [6.07, 6.45) is 1.58. The average Bonchev–Trinajstić information content (AvgIpc) is 3.08. The molecular weight excluding hydrogens is 420 g/mol. The van der Waals surface area contributed by atoms with Crippen LogP contribution in [0.4, 0.5) is 0 Å². The molecule has 1 aliphatic rings. The minimum atomic E-state index is -0.605. The van der Waals surface area contributed by atoms with E-state index < -0.39 is 5.97 Å². The lowest BCUT2D eigenvalue weighted by Gasteiger charge is -2.10. The largest absolute Gasteiger partial charge is 0.493 e. The van der Waals surface area contributed by atoms with Crippen molar-refractivity contribution in [1.82, 2.24) is 0 Å². The van der Waals surface area contributed by atoms with Crippen molar-refractivity contribution in [2.24, 2.45) is 0 Å². The van der Waals surface area contributed by atoms with E-state index in [1.54, 1.807) is 54.6 Å². The maximum Gasteiger partial charge on any atom is 0.345 e. The van der Waals surface area contributed by atoms with Crippen LogP contribution in [0.1, 0.15) is 26.3 Å². The predicted octanol–water partition coefficient (Wildman–Crippen LogP) is 5.19. The molecule has 0 aliphatic carbocycles. The Morgan fingerprint density at radius 2 is 1.81 bits per heavy atom. The molecule has 0 atom stereocenters. The number of carbonyl (C=O) groups is 2. The molecule has 0 amide bonds. The van der Waals surface area contributed by atoms with Crippen LogP contribution in [0.15, 0.2) is 66.4 Å². The fourth-order valence-electron chi connectivity index (χ4n) is 3.19. The fourth-order valence-corrected chi connectivity index (χ4v) is 3.40. The number of halogens is 1. The van der Waals surface area contributed by atoms with E-state index in [2.05, 4.69) is 0 Å². The van der Waals surface area contributed by atoms with Crippen LogP contribution < -0.4 is 18.9 Å². The second kappa shape index (κ2) is 8.53. The lowest BCUT2D eigenvalue weighted by molar-refractivity contribution is 0.0734. The maximum atomic E-state index is 12.8. The smallest absolute Gasteiger partial charge is 0.345 e. The van der Waals surface area contributed by atoms with Crippen LogP contribution in [0.3, 0.4) is 0 Å². The molecule has 0 saturated heterocycles. The Morgan fingerprint density at radius 1 is 1.00 bits per heavy atom. The first-order chi connectivity index (χ1) is 15.0. The van der Waals surface area contributed by atoms with Crippen LogP contribution in [0.25, 0.3) is 6.08 Å². The molecule has 0 unspecified atom stereocenters. The molecule has 0 spiro atoms.